The molecule has 0 bridgehead atoms. The van der Waals surface area contributed by atoms with Gasteiger partial charge in [0, 0.05) is 48.0 Å². The molecule has 4 heteroatoms. The Balaban J connectivity index is 1.49. The first kappa shape index (κ1) is 32.2. The van der Waals surface area contributed by atoms with Crippen molar-refractivity contribution < 1.29 is 9.13 Å². The van der Waals surface area contributed by atoms with Gasteiger partial charge >= 0.3 is 0 Å². The smallest absolute Gasteiger partial charge is 0.229 e. The molecule has 0 amide bonds. The lowest BCUT2D eigenvalue weighted by atomic mass is 9.83. The predicted octanol–water partition coefficient (Wildman–Crippen LogP) is 9.44. The molecular weight excluding hydrogens is 573 g/mol. The summed E-state index contributed by atoms with van der Waals surface area (Å²) in [4.78, 5) is 0. The Morgan fingerprint density at radius 3 is 1.28 bits per heavy atom. The highest BCUT2D eigenvalue weighted by Crippen LogP contribution is 2.35. The van der Waals surface area contributed by atoms with Crippen LogP contribution in [-0.4, -0.2) is 9.13 Å². The maximum Gasteiger partial charge on any atom is 0.229 e. The molecule has 0 fully saturated rings. The van der Waals surface area contributed by atoms with Gasteiger partial charge in [-0.1, -0.05) is 64.1 Å². The van der Waals surface area contributed by atoms with Gasteiger partial charge < -0.3 is 9.13 Å². The van der Waals surface area contributed by atoms with Crippen molar-refractivity contribution >= 4 is 0 Å². The maximum absolute atomic E-state index is 2.40. The minimum absolute atomic E-state index is 0.294. The summed E-state index contributed by atoms with van der Waals surface area (Å²) in [7, 11) is 4.44. The molecule has 6 aromatic rings. The average molecular weight is 623 g/mol. The topological polar surface area (TPSA) is 17.6 Å². The number of nitrogens with zero attached hydrogens (tertiary/aromatic N) is 4. The Morgan fingerprint density at radius 1 is 0.511 bits per heavy atom. The van der Waals surface area contributed by atoms with Crippen molar-refractivity contribution in [3.05, 3.63) is 143 Å². The normalized spacial score (nSPS) is 12.0. The zero-order chi connectivity index (χ0) is 33.6. The first-order valence-electron chi connectivity index (χ1n) is 17.0. The van der Waals surface area contributed by atoms with Crippen molar-refractivity contribution in [2.75, 3.05) is 0 Å². The van der Waals surface area contributed by atoms with Gasteiger partial charge in [-0.2, -0.15) is 9.13 Å². The van der Waals surface area contributed by atoms with Gasteiger partial charge in [0.1, 0.15) is 30.9 Å². The Hall–Kier alpha value is -4.70. The second-order valence-electron chi connectivity index (χ2n) is 14.2. The first-order chi connectivity index (χ1) is 22.4. The van der Waals surface area contributed by atoms with Crippen LogP contribution in [-0.2, 0) is 19.5 Å². The summed E-state index contributed by atoms with van der Waals surface area (Å²) in [5, 5.41) is 0. The lowest BCUT2D eigenvalue weighted by molar-refractivity contribution is -0.687. The second kappa shape index (κ2) is 12.5. The van der Waals surface area contributed by atoms with Crippen molar-refractivity contribution in [2.24, 2.45) is 14.1 Å². The fourth-order valence-corrected chi connectivity index (χ4v) is 7.53. The van der Waals surface area contributed by atoms with E-state index in [1.165, 1.54) is 67.8 Å². The Kier molecular flexibility index (Phi) is 8.57. The molecule has 4 heterocycles. The Morgan fingerprint density at radius 2 is 0.894 bits per heavy atom. The highest BCUT2D eigenvalue weighted by atomic mass is 15.1. The maximum atomic E-state index is 2.40. The lowest BCUT2D eigenvalue weighted by Crippen LogP contribution is -2.49. The molecule has 0 aliphatic rings. The van der Waals surface area contributed by atoms with Crippen LogP contribution in [0.25, 0.3) is 34.2 Å². The largest absolute Gasteiger partial charge is 0.311 e. The van der Waals surface area contributed by atoms with Crippen LogP contribution in [0, 0.1) is 13.8 Å². The zero-order valence-corrected chi connectivity index (χ0v) is 29.8. The van der Waals surface area contributed by atoms with E-state index in [9.17, 15) is 0 Å². The van der Waals surface area contributed by atoms with Gasteiger partial charge in [-0.05, 0) is 98.2 Å². The van der Waals surface area contributed by atoms with E-state index in [0.29, 0.717) is 11.8 Å². The summed E-state index contributed by atoms with van der Waals surface area (Å²) in [6.07, 6.45) is 4.45. The molecule has 4 aromatic heterocycles. The summed E-state index contributed by atoms with van der Waals surface area (Å²) >= 11 is 0. The minimum Gasteiger partial charge on any atom is -0.311 e. The highest BCUT2D eigenvalue weighted by molar-refractivity contribution is 5.64. The Bertz CT molecular complexity index is 1920. The molecule has 240 valence electrons. The molecule has 0 N–H and O–H groups in total. The van der Waals surface area contributed by atoms with Gasteiger partial charge in [0.05, 0.1) is 0 Å². The number of benzene rings is 2. The minimum atomic E-state index is -0.294. The van der Waals surface area contributed by atoms with Crippen LogP contribution < -0.4 is 9.13 Å². The number of para-hydroxylation sites is 2. The first-order valence-corrected chi connectivity index (χ1v) is 17.0. The molecule has 0 unspecified atom stereocenters. The monoisotopic (exact) mass is 622 g/mol. The van der Waals surface area contributed by atoms with Crippen molar-refractivity contribution in [1.82, 2.24) is 9.13 Å². The van der Waals surface area contributed by atoms with E-state index in [2.05, 4.69) is 197 Å². The van der Waals surface area contributed by atoms with E-state index < -0.39 is 0 Å². The third kappa shape index (κ3) is 5.54. The summed E-state index contributed by atoms with van der Waals surface area (Å²) in [5.41, 5.74) is 14.8. The molecule has 0 saturated carbocycles. The van der Waals surface area contributed by atoms with Gasteiger partial charge in [0.25, 0.3) is 0 Å². The second-order valence-corrected chi connectivity index (χ2v) is 14.2. The standard InChI is InChI=1S/C43H50N4/c1-29(2)33-17-11-13-19-35(33)46-27-25-31(5)41(46)37-21-15-23-39(44(37)9)43(7,8)40-24-16-22-38(45(40)10)42-32(6)26-28-47(42)36-20-14-12-18-34(36)30(3)4/h11-30H,1-10H3/q+2. The van der Waals surface area contributed by atoms with E-state index in [4.69, 9.17) is 0 Å². The van der Waals surface area contributed by atoms with Crippen molar-refractivity contribution in [1.29, 1.82) is 0 Å². The van der Waals surface area contributed by atoms with Crippen LogP contribution in [0.15, 0.2) is 109 Å². The van der Waals surface area contributed by atoms with Gasteiger partial charge in [-0.3, -0.25) is 0 Å². The molecular formula is C43H50N4+2. The molecule has 0 aliphatic carbocycles. The van der Waals surface area contributed by atoms with Crippen LogP contribution in [0.5, 0.6) is 0 Å². The van der Waals surface area contributed by atoms with Crippen molar-refractivity contribution in [2.45, 2.75) is 72.6 Å². The van der Waals surface area contributed by atoms with Crippen LogP contribution in [0.3, 0.4) is 0 Å². The number of aromatic nitrogens is 4. The van der Waals surface area contributed by atoms with Gasteiger partial charge in [0.15, 0.2) is 11.4 Å². The van der Waals surface area contributed by atoms with Crippen LogP contribution in [0.2, 0.25) is 0 Å². The molecule has 4 nitrogen and oxygen atoms in total. The molecule has 2 aromatic carbocycles. The number of aryl methyl sites for hydroxylation is 2. The number of pyridine rings is 2. The molecule has 6 rings (SSSR count). The van der Waals surface area contributed by atoms with E-state index >= 15 is 0 Å². The fraction of sp³-hybridized carbons (Fsp3) is 0.302. The molecule has 0 aliphatic heterocycles. The van der Waals surface area contributed by atoms with E-state index in [-0.39, 0.29) is 5.41 Å². The van der Waals surface area contributed by atoms with Crippen LogP contribution in [0.4, 0.5) is 0 Å². The fourth-order valence-electron chi connectivity index (χ4n) is 7.53. The van der Waals surface area contributed by atoms with E-state index in [0.717, 1.165) is 0 Å². The molecule has 0 spiro atoms. The third-order valence-electron chi connectivity index (χ3n) is 10.0. The predicted molar refractivity (Wildman–Crippen MR) is 195 cm³/mol. The van der Waals surface area contributed by atoms with Gasteiger partial charge in [0.2, 0.25) is 11.4 Å². The average Bonchev–Trinajstić information content (AvgIpc) is 3.62. The number of rotatable bonds is 8. The van der Waals surface area contributed by atoms with E-state index in [1.54, 1.807) is 0 Å². The zero-order valence-electron chi connectivity index (χ0n) is 29.8. The van der Waals surface area contributed by atoms with Gasteiger partial charge in [-0.15, -0.1) is 0 Å². The number of hydrogen-bond acceptors (Lipinski definition) is 0. The highest BCUT2D eigenvalue weighted by Gasteiger charge is 2.40. The van der Waals surface area contributed by atoms with E-state index in [1.807, 2.05) is 0 Å². The van der Waals surface area contributed by atoms with Crippen LogP contribution in [0.1, 0.15) is 87.0 Å². The molecule has 47 heavy (non-hydrogen) atoms. The lowest BCUT2D eigenvalue weighted by Gasteiger charge is -2.23. The summed E-state index contributed by atoms with van der Waals surface area (Å²) in [6, 6.07) is 35.6. The number of hydrogen-bond donors (Lipinski definition) is 0. The third-order valence-corrected chi connectivity index (χ3v) is 10.0. The quantitative estimate of drug-likeness (QED) is 0.151. The summed E-state index contributed by atoms with van der Waals surface area (Å²) in [6.45, 7) is 18.2. The summed E-state index contributed by atoms with van der Waals surface area (Å²) < 4.78 is 9.55. The Labute approximate surface area is 281 Å². The van der Waals surface area contributed by atoms with Gasteiger partial charge in [-0.25, -0.2) is 0 Å². The van der Waals surface area contributed by atoms with Crippen molar-refractivity contribution in [3.8, 4) is 34.2 Å². The van der Waals surface area contributed by atoms with Crippen LogP contribution >= 0.6 is 0 Å². The molecule has 0 radical (unpaired) electrons. The summed E-state index contributed by atoms with van der Waals surface area (Å²) in [5.74, 6) is 0.855. The SMILES string of the molecule is Cc1ccn(-c2ccccc2C(C)C)c1-c1cccc(C(C)(C)c2cccc(-c3c(C)ccn3-c3ccccc3C(C)C)[n+]2C)[n+]1C. The van der Waals surface area contributed by atoms with Crippen molar-refractivity contribution in [3.63, 3.8) is 0 Å². The molecule has 0 atom stereocenters. The molecule has 0 saturated heterocycles.